The highest BCUT2D eigenvalue weighted by Gasteiger charge is 2.68. The van der Waals surface area contributed by atoms with Crippen molar-refractivity contribution in [2.24, 2.45) is 64.2 Å². The van der Waals surface area contributed by atoms with Crippen LogP contribution in [-0.4, -0.2) is 224 Å². The molecule has 6 unspecified atom stereocenters. The topological polar surface area (TPSA) is 597 Å². The average molecular weight is 1480 g/mol. The van der Waals surface area contributed by atoms with E-state index in [0.29, 0.717) is 34.2 Å². The zero-order valence-corrected chi connectivity index (χ0v) is 58.8. The molecule has 33 nitrogen and oxygen atoms in total. The summed E-state index contributed by atoms with van der Waals surface area (Å²) in [6.45, 7) is -0.0450. The van der Waals surface area contributed by atoms with Gasteiger partial charge in [0.05, 0.1) is 40.4 Å². The molecule has 2 fully saturated rings. The van der Waals surface area contributed by atoms with Gasteiger partial charge >= 0.3 is 6.09 Å². The van der Waals surface area contributed by atoms with Crippen molar-refractivity contribution in [3.63, 3.8) is 0 Å². The summed E-state index contributed by atoms with van der Waals surface area (Å²) >= 11 is 0. The number of hydrogen-bond acceptors (Lipinski definition) is 28. The number of ether oxygens (including phenoxy) is 1. The van der Waals surface area contributed by atoms with Crippen LogP contribution in [0.3, 0.4) is 0 Å². The Kier molecular flexibility index (Phi) is 21.5. The van der Waals surface area contributed by atoms with E-state index >= 15 is 0 Å². The van der Waals surface area contributed by atoms with Crippen LogP contribution in [0.25, 0.3) is 11.5 Å². The second kappa shape index (κ2) is 29.3. The Balaban J connectivity index is 0.000000158. The monoisotopic (exact) mass is 1480 g/mol. The third-order valence-corrected chi connectivity index (χ3v) is 21.8. The standard InChI is InChI=1S/2C22H25N3O7.C21H22N2O7.C9H11NO3/c1-25(2)16-11-6-9-5-10-8(7-23)3-4-12(26)14(10)17(27)13(9)19(29)22(11,32)20(30)15(18(16)28)21(24)31;1-25(2)15-11-6-10-5-8-3-4-9(7-23)16(26)12(8)17(27)13(10)19(29)22(11,32)20(30)14(18(15)28)21(24)31;1-23(2)15-10-7-9-6-8-4-3-5-11(24)12(8)16(25)13(9)18(27)21(10,30)19(28)14(17(15)26)20(22)29;11-7-10-9(12)13-6-8-4-2-1-3-5-8/h3-4,9,11,16,26,29-30,32H,5-7,23H2,1-2H3,(H2,24,31);3-4,10-11,15,26-27,30,32H,5-7,23H2,1-2H3,(H2,24,31);3-5,9-10,15,24-25,28,30H,6-7H2,1-2H3,(H2,22,29);1-5,11H,6-7H2,(H,10,12)/p+1/t9?,11?,16-,22-;10?,11?,15-,22-;9?,10?,15-,21-;/m000./s1. The Hall–Kier alpha value is -11.1. The van der Waals surface area contributed by atoms with Crippen molar-refractivity contribution in [2.75, 3.05) is 49.0 Å². The van der Waals surface area contributed by atoms with Crippen LogP contribution in [-0.2, 0) is 82.1 Å². The summed E-state index contributed by atoms with van der Waals surface area (Å²) in [6, 6.07) is 17.1. The number of nitrogens with two attached hydrogens (primary N) is 5. The van der Waals surface area contributed by atoms with Gasteiger partial charge in [-0.2, -0.15) is 0 Å². The maximum absolute atomic E-state index is 13.6. The van der Waals surface area contributed by atoms with Gasteiger partial charge in [0, 0.05) is 53.5 Å². The molecule has 0 saturated heterocycles. The van der Waals surface area contributed by atoms with E-state index < -0.39 is 187 Å². The van der Waals surface area contributed by atoms with Gasteiger partial charge in [0.1, 0.15) is 70.3 Å². The summed E-state index contributed by atoms with van der Waals surface area (Å²) in [4.78, 5) is 130. The first-order chi connectivity index (χ1) is 50.3. The van der Waals surface area contributed by atoms with Crippen molar-refractivity contribution >= 4 is 70.0 Å². The van der Waals surface area contributed by atoms with E-state index in [-0.39, 0.29) is 102 Å². The minimum atomic E-state index is -2.63. The molecule has 0 heterocycles. The number of likely N-dealkylation sites (N-methyl/N-ethyl adjacent to an activating group) is 3. The zero-order valence-electron chi connectivity index (χ0n) is 58.8. The van der Waals surface area contributed by atoms with Crippen molar-refractivity contribution in [1.82, 2.24) is 20.0 Å². The lowest BCUT2D eigenvalue weighted by Gasteiger charge is -2.50. The van der Waals surface area contributed by atoms with E-state index in [1.54, 1.807) is 72.6 Å². The molecule has 4 amide bonds. The summed E-state index contributed by atoms with van der Waals surface area (Å²) in [5.41, 5.74) is 20.7. The van der Waals surface area contributed by atoms with Crippen molar-refractivity contribution in [3.05, 3.63) is 179 Å². The molecule has 0 radical (unpaired) electrons. The van der Waals surface area contributed by atoms with Crippen LogP contribution < -0.4 is 34.0 Å². The number of allylic oxidation sites excluding steroid dienone is 1. The van der Waals surface area contributed by atoms with Crippen LogP contribution in [0.1, 0.15) is 74.1 Å². The molecule has 25 N–H and O–H groups in total. The van der Waals surface area contributed by atoms with Crippen LogP contribution in [0.4, 0.5) is 4.79 Å². The number of phenols is 3. The maximum Gasteiger partial charge on any atom is 0.409 e. The van der Waals surface area contributed by atoms with E-state index in [1.165, 1.54) is 26.8 Å². The zero-order chi connectivity index (χ0) is 79.0. The molecule has 0 aromatic heterocycles. The van der Waals surface area contributed by atoms with Gasteiger partial charge in [-0.1, -0.05) is 60.7 Å². The quantitative estimate of drug-likeness (QED) is 0.0486. The number of hydrogen-bond donors (Lipinski definition) is 18. The number of carbonyl (C=O) groups excluding carboxylic acids is 10. The molecule has 0 spiro atoms. The van der Waals surface area contributed by atoms with E-state index in [9.17, 15) is 104 Å². The maximum atomic E-state index is 13.6. The summed E-state index contributed by atoms with van der Waals surface area (Å²) in [5, 5.41) is 139. The summed E-state index contributed by atoms with van der Waals surface area (Å²) < 4.78 is 4.76. The number of carbonyl (C=O) groups is 10. The number of primary amides is 3. The summed E-state index contributed by atoms with van der Waals surface area (Å²) in [7, 11) is 9.40. The van der Waals surface area contributed by atoms with Gasteiger partial charge in [-0.15, -0.1) is 0 Å². The molecule has 9 aliphatic carbocycles. The highest BCUT2D eigenvalue weighted by atomic mass is 16.6. The average Bonchev–Trinajstić information content (AvgIpc) is 0.712. The minimum absolute atomic E-state index is 0.00321. The van der Waals surface area contributed by atoms with Gasteiger partial charge in [-0.05, 0) is 133 Å². The normalized spacial score (nSPS) is 27.6. The fraction of sp³-hybridized carbons (Fsp3) is 0.378. The van der Waals surface area contributed by atoms with Crippen LogP contribution in [0.2, 0.25) is 0 Å². The van der Waals surface area contributed by atoms with E-state index in [4.69, 9.17) is 43.6 Å². The second-order valence-electron chi connectivity index (χ2n) is 28.2. The number of aliphatic hydroxyl groups is 9. The van der Waals surface area contributed by atoms with Crippen molar-refractivity contribution in [3.8, 4) is 17.2 Å². The van der Waals surface area contributed by atoms with Gasteiger partial charge in [0.15, 0.2) is 34.3 Å². The highest BCUT2D eigenvalue weighted by Crippen LogP contribution is 2.57. The van der Waals surface area contributed by atoms with Crippen molar-refractivity contribution < 1.29 is 119 Å². The van der Waals surface area contributed by atoms with E-state index in [0.717, 1.165) is 5.56 Å². The van der Waals surface area contributed by atoms with Gasteiger partial charge in [-0.3, -0.25) is 63.2 Å². The molecule has 0 bridgehead atoms. The Morgan fingerprint density at radius 1 is 0.514 bits per heavy atom. The summed E-state index contributed by atoms with van der Waals surface area (Å²) in [6.07, 6.45) is 0.436. The molecule has 4 aromatic carbocycles. The Morgan fingerprint density at radius 2 is 0.925 bits per heavy atom. The van der Waals surface area contributed by atoms with Crippen molar-refractivity contribution in [1.29, 1.82) is 0 Å². The first kappa shape index (κ1) is 78.4. The van der Waals surface area contributed by atoms with Crippen LogP contribution in [0, 0.1) is 35.5 Å². The Morgan fingerprint density at radius 3 is 1.36 bits per heavy atom. The van der Waals surface area contributed by atoms with Gasteiger partial charge in [-0.25, -0.2) is 4.79 Å². The van der Waals surface area contributed by atoms with Gasteiger partial charge in [0.2, 0.25) is 23.0 Å². The number of Topliss-reactive ketones (excluding diaryl/α,β-unsaturated/α-hetero) is 6. The van der Waals surface area contributed by atoms with Crippen LogP contribution >= 0.6 is 0 Å². The first-order valence-corrected chi connectivity index (χ1v) is 33.7. The SMILES string of the molecule is CN(C)[C@@H]1C(=O)C(C(N)=O)=C(O)[C@@]2(O)C(=O)C3=C(O)c4c(O)cccc4CC3CC12.CN(C)[C@@H]1C(=O)C(C(N)=O)=C(O)[C@@]2(O)C(=O)C3=C(O)c4c(ccc(CN)c4O)CC3CC12.CN(C)[C@@H]1C(=O)C(C(N)=O)=C(O)[C@@]2(O)C([OH2+])=C3C(=O)c4c(O)ccc(CN)c4CC3CC12.O=C(NCO)OCc1ccccc1. The predicted octanol–water partition coefficient (Wildman–Crippen LogP) is -1.00. The lowest BCUT2D eigenvalue weighted by atomic mass is 9.57. The number of alkyl carbamates (subject to hydrolysis) is 1. The Bertz CT molecular complexity index is 4710. The number of nitrogens with one attached hydrogen (secondary N) is 1. The fourth-order valence-electron chi connectivity index (χ4n) is 17.0. The second-order valence-corrected chi connectivity index (χ2v) is 28.2. The third-order valence-electron chi connectivity index (χ3n) is 21.8. The lowest BCUT2D eigenvalue weighted by Crippen LogP contribution is -2.65. The third kappa shape index (κ3) is 12.6. The Labute approximate surface area is 609 Å². The molecular formula is C74H84N9O24+. The smallest absolute Gasteiger partial charge is 0.409 e. The van der Waals surface area contributed by atoms with E-state index in [1.807, 2.05) is 30.3 Å². The number of amides is 4. The molecule has 568 valence electrons. The molecule has 107 heavy (non-hydrogen) atoms. The number of nitrogens with zero attached hydrogens (tertiary/aromatic N) is 3. The van der Waals surface area contributed by atoms with Crippen molar-refractivity contribution in [2.45, 2.75) is 93.1 Å². The van der Waals surface area contributed by atoms with Gasteiger partial charge < -0.3 is 99.8 Å². The fourth-order valence-corrected chi connectivity index (χ4v) is 17.0. The highest BCUT2D eigenvalue weighted by molar-refractivity contribution is 6.26. The first-order valence-electron chi connectivity index (χ1n) is 33.7. The molecule has 4 aromatic rings. The molecule has 12 atom stereocenters. The number of fused-ring (bicyclic) bond motifs is 9. The number of aromatic hydroxyl groups is 3. The predicted molar refractivity (Wildman–Crippen MR) is 376 cm³/mol. The molecule has 33 heteroatoms. The number of rotatable bonds is 11. The number of benzene rings is 4. The molecule has 13 rings (SSSR count). The summed E-state index contributed by atoms with van der Waals surface area (Å²) in [5.74, 6) is -19.1. The number of phenolic OH excluding ortho intramolecular Hbond substituents is 3. The molecule has 0 aliphatic heterocycles. The molecule has 9 aliphatic rings. The molecule has 2 saturated carbocycles. The van der Waals surface area contributed by atoms with Crippen LogP contribution in [0.5, 0.6) is 17.2 Å². The largest absolute Gasteiger partial charge is 0.594 e. The number of aliphatic hydroxyl groups excluding tert-OH is 6. The minimum Gasteiger partial charge on any atom is -0.594 e. The number of ketones is 6. The van der Waals surface area contributed by atoms with Crippen LogP contribution in [0.15, 0.2) is 129 Å². The lowest BCUT2D eigenvalue weighted by molar-refractivity contribution is -0.155. The molecular weight excluding hydrogens is 1400 g/mol. The van der Waals surface area contributed by atoms with Gasteiger partial charge in [0.25, 0.3) is 23.5 Å². The van der Waals surface area contributed by atoms with E-state index in [2.05, 4.69) is 5.32 Å².